The molecular formula is C10H15N5O5S. The minimum Gasteiger partial charge on any atom is -0.387 e. The predicted octanol–water partition coefficient (Wildman–Crippen LogP) is -0.417. The predicted molar refractivity (Wildman–Crippen MR) is 75.4 cm³/mol. The molecule has 11 heteroatoms. The maximum Gasteiger partial charge on any atom is 0.312 e. The molecule has 2 amide bonds. The number of anilines is 1. The lowest BCUT2D eigenvalue weighted by molar-refractivity contribution is -0.385. The summed E-state index contributed by atoms with van der Waals surface area (Å²) in [6.45, 7) is -0.102. The Morgan fingerprint density at radius 2 is 2.05 bits per heavy atom. The largest absolute Gasteiger partial charge is 0.387 e. The van der Waals surface area contributed by atoms with E-state index in [2.05, 4.69) is 15.4 Å². The van der Waals surface area contributed by atoms with Crippen molar-refractivity contribution < 1.29 is 18.1 Å². The molecule has 0 atom stereocenters. The maximum atomic E-state index is 12.1. The van der Waals surface area contributed by atoms with Crippen LogP contribution in [0.5, 0.6) is 0 Å². The molecule has 0 saturated heterocycles. The normalized spacial score (nSPS) is 10.9. The Balaban J connectivity index is 2.97. The smallest absolute Gasteiger partial charge is 0.312 e. The molecule has 0 radical (unpaired) electrons. The van der Waals surface area contributed by atoms with Gasteiger partial charge in [-0.05, 0) is 6.07 Å². The number of hydrogen-bond acceptors (Lipinski definition) is 6. The van der Waals surface area contributed by atoms with Crippen LogP contribution in [0.2, 0.25) is 0 Å². The molecule has 21 heavy (non-hydrogen) atoms. The second-order valence-electron chi connectivity index (χ2n) is 3.88. The Labute approximate surface area is 120 Å². The van der Waals surface area contributed by atoms with Gasteiger partial charge in [0.15, 0.2) is 0 Å². The number of primary amides is 1. The van der Waals surface area contributed by atoms with E-state index in [-0.39, 0.29) is 29.4 Å². The van der Waals surface area contributed by atoms with Crippen LogP contribution in [0.25, 0.3) is 0 Å². The van der Waals surface area contributed by atoms with Crippen molar-refractivity contribution in [2.45, 2.75) is 4.90 Å². The number of sulfonamides is 1. The summed E-state index contributed by atoms with van der Waals surface area (Å²) in [5, 5.41) is 15.6. The number of non-ortho nitro benzene ring substituents is 1. The van der Waals surface area contributed by atoms with E-state index >= 15 is 0 Å². The lowest BCUT2D eigenvalue weighted by Gasteiger charge is -2.11. The maximum absolute atomic E-state index is 12.1. The monoisotopic (exact) mass is 317 g/mol. The van der Waals surface area contributed by atoms with Gasteiger partial charge in [0.2, 0.25) is 10.0 Å². The third kappa shape index (κ3) is 4.57. The summed E-state index contributed by atoms with van der Waals surface area (Å²) in [6, 6.07) is 2.67. The van der Waals surface area contributed by atoms with E-state index in [9.17, 15) is 23.3 Å². The molecule has 0 saturated carbocycles. The number of carbonyl (C=O) groups is 1. The fourth-order valence-electron chi connectivity index (χ4n) is 1.50. The number of nitrogens with two attached hydrogens (primary N) is 1. The molecule has 0 aromatic heterocycles. The van der Waals surface area contributed by atoms with Gasteiger partial charge >= 0.3 is 6.03 Å². The van der Waals surface area contributed by atoms with Crippen molar-refractivity contribution in [3.8, 4) is 0 Å². The molecule has 0 aliphatic heterocycles. The van der Waals surface area contributed by atoms with Crippen molar-refractivity contribution >= 4 is 27.4 Å². The average Bonchev–Trinajstić information content (AvgIpc) is 2.42. The number of nitrogens with one attached hydrogen (secondary N) is 3. The number of benzene rings is 1. The number of rotatable bonds is 7. The van der Waals surface area contributed by atoms with Gasteiger partial charge in [0.1, 0.15) is 4.90 Å². The Hall–Kier alpha value is -2.40. The van der Waals surface area contributed by atoms with E-state index in [1.807, 2.05) is 0 Å². The molecule has 0 spiro atoms. The van der Waals surface area contributed by atoms with Gasteiger partial charge in [0.05, 0.1) is 10.6 Å². The van der Waals surface area contributed by atoms with Crippen LogP contribution in [0, 0.1) is 10.1 Å². The van der Waals surface area contributed by atoms with Crippen molar-refractivity contribution in [2.75, 3.05) is 25.5 Å². The number of nitrogens with zero attached hydrogens (tertiary/aromatic N) is 1. The van der Waals surface area contributed by atoms with Crippen LogP contribution < -0.4 is 21.1 Å². The first-order valence-electron chi connectivity index (χ1n) is 5.77. The van der Waals surface area contributed by atoms with Crippen LogP contribution in [0.4, 0.5) is 16.2 Å². The Bertz CT molecular complexity index is 645. The summed E-state index contributed by atoms with van der Waals surface area (Å²) in [6.07, 6.45) is 0. The van der Waals surface area contributed by atoms with Crippen LogP contribution in [-0.4, -0.2) is 39.5 Å². The highest BCUT2D eigenvalue weighted by atomic mass is 32.2. The number of nitro groups is 1. The van der Waals surface area contributed by atoms with Gasteiger partial charge in [-0.25, -0.2) is 17.9 Å². The van der Waals surface area contributed by atoms with Gasteiger partial charge in [0, 0.05) is 32.3 Å². The topological polar surface area (TPSA) is 156 Å². The zero-order chi connectivity index (χ0) is 16.0. The molecule has 0 bridgehead atoms. The fourth-order valence-corrected chi connectivity index (χ4v) is 2.76. The van der Waals surface area contributed by atoms with Gasteiger partial charge in [-0.1, -0.05) is 0 Å². The first-order chi connectivity index (χ1) is 9.77. The second-order valence-corrected chi connectivity index (χ2v) is 5.61. The molecule has 0 aliphatic carbocycles. The first kappa shape index (κ1) is 16.7. The molecule has 1 aromatic rings. The highest BCUT2D eigenvalue weighted by Crippen LogP contribution is 2.25. The zero-order valence-electron chi connectivity index (χ0n) is 11.1. The van der Waals surface area contributed by atoms with Crippen molar-refractivity contribution in [1.29, 1.82) is 0 Å². The quantitative estimate of drug-likeness (QED) is 0.304. The van der Waals surface area contributed by atoms with Crippen LogP contribution >= 0.6 is 0 Å². The summed E-state index contributed by atoms with van der Waals surface area (Å²) in [5.41, 5.74) is 4.72. The Morgan fingerprint density at radius 3 is 2.57 bits per heavy atom. The van der Waals surface area contributed by atoms with Crippen LogP contribution in [0.1, 0.15) is 0 Å². The molecule has 10 nitrogen and oxygen atoms in total. The molecule has 0 fully saturated rings. The molecule has 5 N–H and O–H groups in total. The SMILES string of the molecule is CNc1ccc([N+](=O)[O-])cc1S(=O)(=O)NCCNC(N)=O. The number of carbonyl (C=O) groups excluding carboxylic acids is 1. The summed E-state index contributed by atoms with van der Waals surface area (Å²) in [7, 11) is -2.47. The zero-order valence-corrected chi connectivity index (χ0v) is 11.9. The van der Waals surface area contributed by atoms with E-state index in [1.54, 1.807) is 0 Å². The summed E-state index contributed by atoms with van der Waals surface area (Å²) in [4.78, 5) is 20.2. The molecule has 116 valence electrons. The lowest BCUT2D eigenvalue weighted by atomic mass is 10.3. The average molecular weight is 317 g/mol. The summed E-state index contributed by atoms with van der Waals surface area (Å²) < 4.78 is 26.4. The van der Waals surface area contributed by atoms with Crippen LogP contribution in [0.15, 0.2) is 23.1 Å². The molecule has 0 aliphatic rings. The second kappa shape index (κ2) is 6.85. The highest BCUT2D eigenvalue weighted by Gasteiger charge is 2.21. The third-order valence-electron chi connectivity index (χ3n) is 2.45. The van der Waals surface area contributed by atoms with Crippen LogP contribution in [0.3, 0.4) is 0 Å². The van der Waals surface area contributed by atoms with Gasteiger partial charge in [0.25, 0.3) is 5.69 Å². The van der Waals surface area contributed by atoms with Crippen molar-refractivity contribution in [2.24, 2.45) is 5.73 Å². The van der Waals surface area contributed by atoms with Gasteiger partial charge in [-0.2, -0.15) is 0 Å². The van der Waals surface area contributed by atoms with E-state index in [0.29, 0.717) is 0 Å². The number of amides is 2. The fraction of sp³-hybridized carbons (Fsp3) is 0.300. The summed E-state index contributed by atoms with van der Waals surface area (Å²) in [5.74, 6) is 0. The lowest BCUT2D eigenvalue weighted by Crippen LogP contribution is -2.37. The van der Waals surface area contributed by atoms with E-state index in [0.717, 1.165) is 6.07 Å². The van der Waals surface area contributed by atoms with Crippen molar-refractivity contribution in [3.05, 3.63) is 28.3 Å². The molecule has 0 heterocycles. The highest BCUT2D eigenvalue weighted by molar-refractivity contribution is 7.89. The summed E-state index contributed by atoms with van der Waals surface area (Å²) >= 11 is 0. The van der Waals surface area contributed by atoms with Gasteiger partial charge < -0.3 is 16.4 Å². The number of urea groups is 1. The minimum atomic E-state index is -3.97. The van der Waals surface area contributed by atoms with Crippen molar-refractivity contribution in [3.63, 3.8) is 0 Å². The molecule has 1 rings (SSSR count). The van der Waals surface area contributed by atoms with Gasteiger partial charge in [-0.15, -0.1) is 0 Å². The Morgan fingerprint density at radius 1 is 1.38 bits per heavy atom. The standard InChI is InChI=1S/C10H15N5O5S/c1-12-8-3-2-7(15(17)18)6-9(8)21(19,20)14-5-4-13-10(11)16/h2-3,6,12,14H,4-5H2,1H3,(H3,11,13,16). The van der Waals surface area contributed by atoms with E-state index in [4.69, 9.17) is 5.73 Å². The third-order valence-corrected chi connectivity index (χ3v) is 3.95. The molecule has 1 aromatic carbocycles. The van der Waals surface area contributed by atoms with E-state index in [1.165, 1.54) is 19.2 Å². The Kier molecular flexibility index (Phi) is 5.44. The molecule has 0 unspecified atom stereocenters. The van der Waals surface area contributed by atoms with Crippen LogP contribution in [-0.2, 0) is 10.0 Å². The first-order valence-corrected chi connectivity index (χ1v) is 7.25. The van der Waals surface area contributed by atoms with Crippen molar-refractivity contribution in [1.82, 2.24) is 10.0 Å². The van der Waals surface area contributed by atoms with Gasteiger partial charge in [-0.3, -0.25) is 10.1 Å². The number of hydrogen-bond donors (Lipinski definition) is 4. The number of nitro benzene ring substituents is 1. The van der Waals surface area contributed by atoms with E-state index < -0.39 is 21.0 Å². The molecular weight excluding hydrogens is 302 g/mol. The minimum absolute atomic E-state index is 0.00161.